The van der Waals surface area contributed by atoms with E-state index in [2.05, 4.69) is 31.9 Å². The molecule has 0 aliphatic carbocycles. The first kappa shape index (κ1) is 16.1. The van der Waals surface area contributed by atoms with Gasteiger partial charge in [-0.25, -0.2) is 9.37 Å². The number of hydrogen-bond donors (Lipinski definition) is 0. The number of benzene rings is 1. The van der Waals surface area contributed by atoms with Crippen molar-refractivity contribution in [1.29, 1.82) is 0 Å². The summed E-state index contributed by atoms with van der Waals surface area (Å²) in [5.41, 5.74) is 1.73. The molecule has 0 unspecified atom stereocenters. The molecule has 3 nitrogen and oxygen atoms in total. The number of nitrogens with zero attached hydrogens (tertiary/aromatic N) is 2. The number of aryl methyl sites for hydroxylation is 1. The SMILES string of the molecule is Cc1cc(Br)cnc1N1CCC(C(=O)c2ccc(F)cc2)CC1. The predicted molar refractivity (Wildman–Crippen MR) is 92.3 cm³/mol. The number of carbonyl (C=O) groups excluding carboxylic acids is 1. The summed E-state index contributed by atoms with van der Waals surface area (Å²) in [6.45, 7) is 3.67. The molecule has 120 valence electrons. The lowest BCUT2D eigenvalue weighted by Crippen LogP contribution is -2.37. The number of rotatable bonds is 3. The van der Waals surface area contributed by atoms with Crippen LogP contribution in [0.3, 0.4) is 0 Å². The number of anilines is 1. The van der Waals surface area contributed by atoms with Crippen LogP contribution in [-0.2, 0) is 0 Å². The molecular weight excluding hydrogens is 359 g/mol. The van der Waals surface area contributed by atoms with Crippen LogP contribution < -0.4 is 4.90 Å². The fourth-order valence-corrected chi connectivity index (χ4v) is 3.51. The van der Waals surface area contributed by atoms with Crippen molar-refractivity contribution < 1.29 is 9.18 Å². The fraction of sp³-hybridized carbons (Fsp3) is 0.333. The van der Waals surface area contributed by atoms with E-state index in [9.17, 15) is 9.18 Å². The zero-order valence-electron chi connectivity index (χ0n) is 12.9. The first-order valence-electron chi connectivity index (χ1n) is 7.71. The Bertz CT molecular complexity index is 709. The number of halogens is 2. The van der Waals surface area contributed by atoms with E-state index < -0.39 is 0 Å². The molecule has 0 N–H and O–H groups in total. The Morgan fingerprint density at radius 2 is 1.91 bits per heavy atom. The summed E-state index contributed by atoms with van der Waals surface area (Å²) in [5.74, 6) is 0.798. The van der Waals surface area contributed by atoms with Gasteiger partial charge in [0.25, 0.3) is 0 Å². The third-order valence-electron chi connectivity index (χ3n) is 4.31. The first-order valence-corrected chi connectivity index (χ1v) is 8.51. The number of carbonyl (C=O) groups is 1. The Morgan fingerprint density at radius 1 is 1.26 bits per heavy atom. The molecule has 1 aliphatic rings. The second-order valence-electron chi connectivity index (χ2n) is 5.93. The Hall–Kier alpha value is -1.75. The highest BCUT2D eigenvalue weighted by Gasteiger charge is 2.26. The third kappa shape index (κ3) is 3.61. The Labute approximate surface area is 143 Å². The molecule has 2 heterocycles. The minimum atomic E-state index is -0.312. The molecule has 1 fully saturated rings. The molecule has 5 heteroatoms. The maximum absolute atomic E-state index is 13.0. The molecule has 1 aromatic carbocycles. The second kappa shape index (κ2) is 6.79. The Balaban J connectivity index is 1.66. The molecule has 3 rings (SSSR count). The summed E-state index contributed by atoms with van der Waals surface area (Å²) in [6, 6.07) is 7.89. The van der Waals surface area contributed by atoms with Crippen molar-refractivity contribution in [3.63, 3.8) is 0 Å². The number of Topliss-reactive ketones (excluding diaryl/α,β-unsaturated/α-hetero) is 1. The molecule has 0 saturated carbocycles. The van der Waals surface area contributed by atoms with Gasteiger partial charge in [0, 0.05) is 35.2 Å². The van der Waals surface area contributed by atoms with Gasteiger partial charge in [-0.3, -0.25) is 4.79 Å². The van der Waals surface area contributed by atoms with Gasteiger partial charge in [0.05, 0.1) is 0 Å². The van der Waals surface area contributed by atoms with E-state index in [1.54, 1.807) is 18.3 Å². The van der Waals surface area contributed by atoms with E-state index in [-0.39, 0.29) is 17.5 Å². The molecule has 1 saturated heterocycles. The van der Waals surface area contributed by atoms with Gasteiger partial charge in [0.15, 0.2) is 5.78 Å². The summed E-state index contributed by atoms with van der Waals surface area (Å²) in [4.78, 5) is 19.2. The molecule has 2 aromatic rings. The van der Waals surface area contributed by atoms with Gasteiger partial charge in [-0.2, -0.15) is 0 Å². The van der Waals surface area contributed by atoms with E-state index in [1.807, 2.05) is 6.92 Å². The molecule has 0 spiro atoms. The quantitative estimate of drug-likeness (QED) is 0.744. The number of ketones is 1. The summed E-state index contributed by atoms with van der Waals surface area (Å²) in [7, 11) is 0. The highest BCUT2D eigenvalue weighted by atomic mass is 79.9. The average Bonchev–Trinajstić information content (AvgIpc) is 2.55. The van der Waals surface area contributed by atoms with Crippen molar-refractivity contribution in [3.05, 3.63) is 57.9 Å². The summed E-state index contributed by atoms with van der Waals surface area (Å²) in [5, 5.41) is 0. The van der Waals surface area contributed by atoms with E-state index in [0.717, 1.165) is 41.8 Å². The summed E-state index contributed by atoms with van der Waals surface area (Å²) < 4.78 is 13.9. The van der Waals surface area contributed by atoms with E-state index in [4.69, 9.17) is 0 Å². The van der Waals surface area contributed by atoms with Crippen LogP contribution in [-0.4, -0.2) is 23.9 Å². The van der Waals surface area contributed by atoms with Gasteiger partial charge in [-0.05, 0) is 71.6 Å². The van der Waals surface area contributed by atoms with Crippen LogP contribution in [0.4, 0.5) is 10.2 Å². The Kier molecular flexibility index (Phi) is 4.76. The summed E-state index contributed by atoms with van der Waals surface area (Å²) in [6.07, 6.45) is 3.40. The molecule has 0 amide bonds. The maximum atomic E-state index is 13.0. The highest BCUT2D eigenvalue weighted by molar-refractivity contribution is 9.10. The minimum Gasteiger partial charge on any atom is -0.356 e. The molecule has 1 aliphatic heterocycles. The van der Waals surface area contributed by atoms with Crippen molar-refractivity contribution in [2.24, 2.45) is 5.92 Å². The minimum absolute atomic E-state index is 0.00691. The first-order chi connectivity index (χ1) is 11.0. The number of pyridine rings is 1. The zero-order valence-corrected chi connectivity index (χ0v) is 14.5. The smallest absolute Gasteiger partial charge is 0.166 e. The van der Waals surface area contributed by atoms with Crippen LogP contribution in [0.25, 0.3) is 0 Å². The van der Waals surface area contributed by atoms with Crippen LogP contribution in [0.1, 0.15) is 28.8 Å². The van der Waals surface area contributed by atoms with Gasteiger partial charge >= 0.3 is 0 Å². The standard InChI is InChI=1S/C18H18BrFN2O/c1-12-10-15(19)11-21-18(12)22-8-6-14(7-9-22)17(23)13-2-4-16(20)5-3-13/h2-5,10-11,14H,6-9H2,1H3. The number of aromatic nitrogens is 1. The third-order valence-corrected chi connectivity index (χ3v) is 4.74. The van der Waals surface area contributed by atoms with Gasteiger partial charge in [0.1, 0.15) is 11.6 Å². The summed E-state index contributed by atoms with van der Waals surface area (Å²) >= 11 is 3.43. The van der Waals surface area contributed by atoms with Crippen molar-refractivity contribution in [1.82, 2.24) is 4.98 Å². The van der Waals surface area contributed by atoms with Crippen molar-refractivity contribution >= 4 is 27.5 Å². The average molecular weight is 377 g/mol. The number of hydrogen-bond acceptors (Lipinski definition) is 3. The topological polar surface area (TPSA) is 33.2 Å². The van der Waals surface area contributed by atoms with Gasteiger partial charge < -0.3 is 4.90 Å². The molecular formula is C18H18BrFN2O. The lowest BCUT2D eigenvalue weighted by atomic mass is 9.89. The molecule has 0 radical (unpaired) electrons. The molecule has 0 atom stereocenters. The lowest BCUT2D eigenvalue weighted by Gasteiger charge is -2.33. The van der Waals surface area contributed by atoms with Gasteiger partial charge in [-0.15, -0.1) is 0 Å². The number of piperidine rings is 1. The fourth-order valence-electron chi connectivity index (χ4n) is 3.07. The van der Waals surface area contributed by atoms with Crippen molar-refractivity contribution in [2.75, 3.05) is 18.0 Å². The monoisotopic (exact) mass is 376 g/mol. The zero-order chi connectivity index (χ0) is 16.4. The maximum Gasteiger partial charge on any atom is 0.166 e. The predicted octanol–water partition coefficient (Wildman–Crippen LogP) is 4.39. The van der Waals surface area contributed by atoms with Crippen LogP contribution in [0.5, 0.6) is 0 Å². The van der Waals surface area contributed by atoms with Crippen LogP contribution >= 0.6 is 15.9 Å². The van der Waals surface area contributed by atoms with Crippen LogP contribution in [0, 0.1) is 18.7 Å². The van der Waals surface area contributed by atoms with Crippen molar-refractivity contribution in [2.45, 2.75) is 19.8 Å². The van der Waals surface area contributed by atoms with E-state index in [0.29, 0.717) is 5.56 Å². The second-order valence-corrected chi connectivity index (χ2v) is 6.84. The van der Waals surface area contributed by atoms with Crippen LogP contribution in [0.15, 0.2) is 41.0 Å². The van der Waals surface area contributed by atoms with Gasteiger partial charge in [0.2, 0.25) is 0 Å². The molecule has 23 heavy (non-hydrogen) atoms. The highest BCUT2D eigenvalue weighted by Crippen LogP contribution is 2.27. The van der Waals surface area contributed by atoms with E-state index >= 15 is 0 Å². The normalized spacial score (nSPS) is 15.7. The lowest BCUT2D eigenvalue weighted by molar-refractivity contribution is 0.0900. The van der Waals surface area contributed by atoms with Gasteiger partial charge in [-0.1, -0.05) is 0 Å². The Morgan fingerprint density at radius 3 is 2.52 bits per heavy atom. The molecule has 1 aromatic heterocycles. The van der Waals surface area contributed by atoms with Crippen molar-refractivity contribution in [3.8, 4) is 0 Å². The van der Waals surface area contributed by atoms with E-state index in [1.165, 1.54) is 12.1 Å². The molecule has 0 bridgehead atoms. The van der Waals surface area contributed by atoms with Crippen LogP contribution in [0.2, 0.25) is 0 Å². The largest absolute Gasteiger partial charge is 0.356 e.